The molecule has 62 valence electrons. The summed E-state index contributed by atoms with van der Waals surface area (Å²) in [7, 11) is 0. The van der Waals surface area contributed by atoms with E-state index < -0.39 is 0 Å². The van der Waals surface area contributed by atoms with Gasteiger partial charge >= 0.3 is 0 Å². The standard InChI is InChI=1S/C9H6Cl2O/c1-2-8(12)9-6(10)4-3-5-7(9)11/h2-5H,1H2. The van der Waals surface area contributed by atoms with Crippen LogP contribution in [0, 0.1) is 0 Å². The van der Waals surface area contributed by atoms with Crippen molar-refractivity contribution < 1.29 is 4.79 Å². The highest BCUT2D eigenvalue weighted by Gasteiger charge is 2.10. The van der Waals surface area contributed by atoms with Crippen LogP contribution in [0.25, 0.3) is 0 Å². The number of benzene rings is 1. The average molecular weight is 201 g/mol. The molecule has 0 bridgehead atoms. The number of hydrogen-bond acceptors (Lipinski definition) is 1. The normalized spacial score (nSPS) is 9.50. The molecule has 0 spiro atoms. The first-order valence-corrected chi connectivity index (χ1v) is 4.03. The monoisotopic (exact) mass is 200 g/mol. The van der Waals surface area contributed by atoms with Gasteiger partial charge in [-0.05, 0) is 18.2 Å². The molecule has 0 amide bonds. The van der Waals surface area contributed by atoms with Crippen LogP contribution in [-0.2, 0) is 0 Å². The van der Waals surface area contributed by atoms with Gasteiger partial charge in [0.25, 0.3) is 0 Å². The van der Waals surface area contributed by atoms with Gasteiger partial charge in [-0.15, -0.1) is 0 Å². The van der Waals surface area contributed by atoms with Crippen molar-refractivity contribution in [2.45, 2.75) is 0 Å². The van der Waals surface area contributed by atoms with Crippen LogP contribution in [0.2, 0.25) is 10.0 Å². The SMILES string of the molecule is C=CC(=O)c1c(Cl)cccc1Cl. The Morgan fingerprint density at radius 3 is 2.25 bits per heavy atom. The van der Waals surface area contributed by atoms with E-state index in [-0.39, 0.29) is 5.78 Å². The fraction of sp³-hybridized carbons (Fsp3) is 0. The number of rotatable bonds is 2. The van der Waals surface area contributed by atoms with E-state index >= 15 is 0 Å². The summed E-state index contributed by atoms with van der Waals surface area (Å²) >= 11 is 11.5. The van der Waals surface area contributed by atoms with Crippen molar-refractivity contribution in [2.24, 2.45) is 0 Å². The zero-order valence-corrected chi connectivity index (χ0v) is 7.69. The topological polar surface area (TPSA) is 17.1 Å². The van der Waals surface area contributed by atoms with Gasteiger partial charge in [0.1, 0.15) is 0 Å². The van der Waals surface area contributed by atoms with Gasteiger partial charge in [0.2, 0.25) is 0 Å². The van der Waals surface area contributed by atoms with Crippen LogP contribution in [0.4, 0.5) is 0 Å². The lowest BCUT2D eigenvalue weighted by atomic mass is 10.1. The maximum Gasteiger partial charge on any atom is 0.188 e. The van der Waals surface area contributed by atoms with Crippen molar-refractivity contribution in [3.8, 4) is 0 Å². The highest BCUT2D eigenvalue weighted by molar-refractivity contribution is 6.40. The van der Waals surface area contributed by atoms with Crippen LogP contribution in [0.1, 0.15) is 10.4 Å². The molecule has 0 fully saturated rings. The maximum atomic E-state index is 11.2. The third-order valence-electron chi connectivity index (χ3n) is 1.39. The minimum absolute atomic E-state index is 0.259. The van der Waals surface area contributed by atoms with E-state index in [4.69, 9.17) is 23.2 Å². The first-order valence-electron chi connectivity index (χ1n) is 3.27. The molecule has 0 aliphatic rings. The number of hydrogen-bond donors (Lipinski definition) is 0. The Bertz CT molecular complexity index is 311. The van der Waals surface area contributed by atoms with Gasteiger partial charge in [0.15, 0.2) is 5.78 Å². The summed E-state index contributed by atoms with van der Waals surface area (Å²) in [6.45, 7) is 3.35. The largest absolute Gasteiger partial charge is 0.289 e. The van der Waals surface area contributed by atoms with Gasteiger partial charge in [-0.3, -0.25) is 4.79 Å². The first-order chi connectivity index (χ1) is 5.66. The van der Waals surface area contributed by atoms with Crippen LogP contribution in [-0.4, -0.2) is 5.78 Å². The van der Waals surface area contributed by atoms with Crippen molar-refractivity contribution in [1.29, 1.82) is 0 Å². The smallest absolute Gasteiger partial charge is 0.188 e. The number of carbonyl (C=O) groups is 1. The zero-order valence-electron chi connectivity index (χ0n) is 6.18. The molecule has 0 saturated carbocycles. The first kappa shape index (κ1) is 9.30. The molecular weight excluding hydrogens is 195 g/mol. The van der Waals surface area contributed by atoms with Crippen LogP contribution in [0.3, 0.4) is 0 Å². The molecule has 0 radical (unpaired) electrons. The van der Waals surface area contributed by atoms with Crippen molar-refractivity contribution in [3.63, 3.8) is 0 Å². The molecular formula is C9H6Cl2O. The van der Waals surface area contributed by atoms with Crippen LogP contribution in [0.15, 0.2) is 30.9 Å². The second-order valence-corrected chi connectivity index (χ2v) is 2.98. The fourth-order valence-corrected chi connectivity index (χ4v) is 1.42. The number of halogens is 2. The lowest BCUT2D eigenvalue weighted by Crippen LogP contribution is -1.95. The summed E-state index contributed by atoms with van der Waals surface area (Å²) in [5, 5.41) is 0.708. The Labute approximate surface area is 80.6 Å². The van der Waals surface area contributed by atoms with Crippen LogP contribution < -0.4 is 0 Å². The molecule has 0 saturated heterocycles. The van der Waals surface area contributed by atoms with Crippen molar-refractivity contribution >= 4 is 29.0 Å². The van der Waals surface area contributed by atoms with E-state index in [9.17, 15) is 4.79 Å². The van der Waals surface area contributed by atoms with Crippen LogP contribution in [0.5, 0.6) is 0 Å². The summed E-state index contributed by atoms with van der Waals surface area (Å²) in [5.41, 5.74) is 0.316. The third kappa shape index (κ3) is 1.68. The van der Waals surface area contributed by atoms with Gasteiger partial charge in [0.05, 0.1) is 15.6 Å². The van der Waals surface area contributed by atoms with Gasteiger partial charge in [0, 0.05) is 0 Å². The molecule has 1 aromatic rings. The molecule has 3 heteroatoms. The van der Waals surface area contributed by atoms with Crippen molar-refractivity contribution in [2.75, 3.05) is 0 Å². The maximum absolute atomic E-state index is 11.2. The molecule has 1 rings (SSSR count). The van der Waals surface area contributed by atoms with Crippen LogP contribution >= 0.6 is 23.2 Å². The molecule has 0 N–H and O–H groups in total. The third-order valence-corrected chi connectivity index (χ3v) is 2.02. The summed E-state index contributed by atoms with van der Waals surface area (Å²) < 4.78 is 0. The van der Waals surface area contributed by atoms with Gasteiger partial charge < -0.3 is 0 Å². The molecule has 12 heavy (non-hydrogen) atoms. The molecule has 0 aliphatic heterocycles. The zero-order chi connectivity index (χ0) is 9.14. The molecule has 0 unspecified atom stereocenters. The predicted molar refractivity (Wildman–Crippen MR) is 51.0 cm³/mol. The minimum atomic E-state index is -0.259. The van der Waals surface area contributed by atoms with E-state index in [0.717, 1.165) is 0 Å². The Morgan fingerprint density at radius 1 is 1.33 bits per heavy atom. The average Bonchev–Trinajstić information content (AvgIpc) is 2.03. The van der Waals surface area contributed by atoms with E-state index in [0.29, 0.717) is 15.6 Å². The summed E-state index contributed by atoms with van der Waals surface area (Å²) in [4.78, 5) is 11.2. The van der Waals surface area contributed by atoms with Gasteiger partial charge in [-0.25, -0.2) is 0 Å². The van der Waals surface area contributed by atoms with E-state index in [1.807, 2.05) is 0 Å². The number of ketones is 1. The fourth-order valence-electron chi connectivity index (χ4n) is 0.835. The van der Waals surface area contributed by atoms with E-state index in [1.54, 1.807) is 18.2 Å². The molecule has 0 atom stereocenters. The summed E-state index contributed by atoms with van der Waals surface area (Å²) in [6, 6.07) is 4.92. The summed E-state index contributed by atoms with van der Waals surface area (Å²) in [6.07, 6.45) is 1.19. The lowest BCUT2D eigenvalue weighted by Gasteiger charge is -2.00. The van der Waals surface area contributed by atoms with Gasteiger partial charge in [-0.2, -0.15) is 0 Å². The lowest BCUT2D eigenvalue weighted by molar-refractivity contribution is 0.104. The number of carbonyl (C=O) groups excluding carboxylic acids is 1. The molecule has 0 aromatic heterocycles. The predicted octanol–water partition coefficient (Wildman–Crippen LogP) is 3.36. The Morgan fingerprint density at radius 2 is 1.83 bits per heavy atom. The van der Waals surface area contributed by atoms with Crippen molar-refractivity contribution in [1.82, 2.24) is 0 Å². The quantitative estimate of drug-likeness (QED) is 0.529. The molecule has 1 aromatic carbocycles. The van der Waals surface area contributed by atoms with E-state index in [1.165, 1.54) is 6.08 Å². The van der Waals surface area contributed by atoms with Crippen molar-refractivity contribution in [3.05, 3.63) is 46.5 Å². The second kappa shape index (κ2) is 3.74. The Hall–Kier alpha value is -0.790. The molecule has 0 heterocycles. The van der Waals surface area contributed by atoms with E-state index in [2.05, 4.69) is 6.58 Å². The summed E-state index contributed by atoms with van der Waals surface area (Å²) in [5.74, 6) is -0.259. The molecule has 0 aliphatic carbocycles. The second-order valence-electron chi connectivity index (χ2n) is 2.17. The number of allylic oxidation sites excluding steroid dienone is 1. The Balaban J connectivity index is 3.30. The highest BCUT2D eigenvalue weighted by atomic mass is 35.5. The highest BCUT2D eigenvalue weighted by Crippen LogP contribution is 2.24. The van der Waals surface area contributed by atoms with Gasteiger partial charge in [-0.1, -0.05) is 35.8 Å². The minimum Gasteiger partial charge on any atom is -0.289 e. The molecule has 1 nitrogen and oxygen atoms in total. The Kier molecular flexibility index (Phi) is 2.90.